The van der Waals surface area contributed by atoms with Gasteiger partial charge in [0, 0.05) is 36.1 Å². The lowest BCUT2D eigenvalue weighted by molar-refractivity contribution is 0.251. The standard InChI is InChI=1S/C13H13ClN4O2/c14-10-2-1-3-11(8-10)17-13(20)16-6-7-18-9-15-5-4-12(18)19/h1-5,8-9H,6-7H2,(H2,16,17,20). The van der Waals surface area contributed by atoms with Gasteiger partial charge in [-0.05, 0) is 18.2 Å². The van der Waals surface area contributed by atoms with Gasteiger partial charge in [-0.2, -0.15) is 0 Å². The van der Waals surface area contributed by atoms with Gasteiger partial charge in [0.05, 0.1) is 6.33 Å². The Hall–Kier alpha value is -2.34. The van der Waals surface area contributed by atoms with Crippen LogP contribution >= 0.6 is 11.6 Å². The molecule has 2 amide bonds. The van der Waals surface area contributed by atoms with E-state index in [9.17, 15) is 9.59 Å². The number of carbonyl (C=O) groups is 1. The number of rotatable bonds is 4. The van der Waals surface area contributed by atoms with E-state index in [1.165, 1.54) is 23.2 Å². The third-order valence-electron chi connectivity index (χ3n) is 2.51. The number of halogens is 1. The largest absolute Gasteiger partial charge is 0.336 e. The van der Waals surface area contributed by atoms with Gasteiger partial charge in [-0.25, -0.2) is 9.78 Å². The van der Waals surface area contributed by atoms with Gasteiger partial charge in [0.15, 0.2) is 0 Å². The van der Waals surface area contributed by atoms with Crippen molar-refractivity contribution in [2.24, 2.45) is 0 Å². The highest BCUT2D eigenvalue weighted by atomic mass is 35.5. The maximum absolute atomic E-state index is 11.6. The molecule has 2 aromatic rings. The van der Waals surface area contributed by atoms with Crippen molar-refractivity contribution in [3.05, 3.63) is 58.2 Å². The van der Waals surface area contributed by atoms with Gasteiger partial charge in [-0.1, -0.05) is 17.7 Å². The maximum Gasteiger partial charge on any atom is 0.319 e. The highest BCUT2D eigenvalue weighted by Crippen LogP contribution is 2.14. The molecule has 0 fully saturated rings. The van der Waals surface area contributed by atoms with Crippen LogP contribution in [0.15, 0.2) is 47.7 Å². The Bertz CT molecular complexity index is 657. The number of nitrogens with zero attached hydrogens (tertiary/aromatic N) is 2. The second-order valence-corrected chi connectivity index (χ2v) is 4.44. The highest BCUT2D eigenvalue weighted by Gasteiger charge is 2.02. The molecule has 0 radical (unpaired) electrons. The molecule has 1 heterocycles. The third kappa shape index (κ3) is 4.10. The van der Waals surface area contributed by atoms with E-state index in [-0.39, 0.29) is 11.6 Å². The smallest absolute Gasteiger partial charge is 0.319 e. The minimum atomic E-state index is -0.357. The van der Waals surface area contributed by atoms with Crippen LogP contribution in [0.4, 0.5) is 10.5 Å². The number of hydrogen-bond acceptors (Lipinski definition) is 3. The molecule has 0 spiro atoms. The Kier molecular flexibility index (Phi) is 4.73. The van der Waals surface area contributed by atoms with Crippen LogP contribution in [0.25, 0.3) is 0 Å². The van der Waals surface area contributed by atoms with Gasteiger partial charge in [0.25, 0.3) is 5.56 Å². The molecule has 2 N–H and O–H groups in total. The summed E-state index contributed by atoms with van der Waals surface area (Å²) in [6, 6.07) is 7.85. The topological polar surface area (TPSA) is 76.0 Å². The summed E-state index contributed by atoms with van der Waals surface area (Å²) in [7, 11) is 0. The number of carbonyl (C=O) groups excluding carboxylic acids is 1. The number of aromatic nitrogens is 2. The summed E-state index contributed by atoms with van der Waals surface area (Å²) < 4.78 is 1.42. The summed E-state index contributed by atoms with van der Waals surface area (Å²) in [4.78, 5) is 26.9. The normalized spacial score (nSPS) is 10.1. The minimum Gasteiger partial charge on any atom is -0.336 e. The van der Waals surface area contributed by atoms with E-state index < -0.39 is 0 Å². The molecule has 0 aliphatic heterocycles. The fourth-order valence-electron chi connectivity index (χ4n) is 1.58. The molecule has 0 bridgehead atoms. The Morgan fingerprint density at radius 1 is 1.35 bits per heavy atom. The predicted octanol–water partition coefficient (Wildman–Crippen LogP) is 1.72. The summed E-state index contributed by atoms with van der Waals surface area (Å²) in [6.07, 6.45) is 2.86. The number of hydrogen-bond donors (Lipinski definition) is 2. The zero-order chi connectivity index (χ0) is 14.4. The van der Waals surface area contributed by atoms with Crippen molar-refractivity contribution in [3.63, 3.8) is 0 Å². The first kappa shape index (κ1) is 14.1. The first-order valence-corrected chi connectivity index (χ1v) is 6.34. The summed E-state index contributed by atoms with van der Waals surface area (Å²) in [5.74, 6) is 0. The predicted molar refractivity (Wildman–Crippen MR) is 77.0 cm³/mol. The quantitative estimate of drug-likeness (QED) is 0.901. The Balaban J connectivity index is 1.81. The number of benzene rings is 1. The lowest BCUT2D eigenvalue weighted by atomic mass is 10.3. The number of nitrogens with one attached hydrogen (secondary N) is 2. The Morgan fingerprint density at radius 2 is 2.20 bits per heavy atom. The second-order valence-electron chi connectivity index (χ2n) is 4.00. The maximum atomic E-state index is 11.6. The molecule has 0 aliphatic carbocycles. The van der Waals surface area contributed by atoms with Crippen LogP contribution in [-0.4, -0.2) is 22.1 Å². The summed E-state index contributed by atoms with van der Waals surface area (Å²) in [6.45, 7) is 0.674. The highest BCUT2D eigenvalue weighted by molar-refractivity contribution is 6.30. The molecule has 0 saturated carbocycles. The van der Waals surface area contributed by atoms with Crippen LogP contribution < -0.4 is 16.2 Å². The summed E-state index contributed by atoms with van der Waals surface area (Å²) >= 11 is 5.81. The number of anilines is 1. The molecular weight excluding hydrogens is 280 g/mol. The van der Waals surface area contributed by atoms with Gasteiger partial charge in [0.1, 0.15) is 0 Å². The Morgan fingerprint density at radius 3 is 2.95 bits per heavy atom. The van der Waals surface area contributed by atoms with Crippen molar-refractivity contribution < 1.29 is 4.79 Å². The molecule has 0 atom stereocenters. The molecule has 0 aliphatic rings. The van der Waals surface area contributed by atoms with Gasteiger partial charge in [0.2, 0.25) is 0 Å². The van der Waals surface area contributed by atoms with E-state index in [4.69, 9.17) is 11.6 Å². The van der Waals surface area contributed by atoms with E-state index in [0.29, 0.717) is 23.8 Å². The zero-order valence-electron chi connectivity index (χ0n) is 10.5. The van der Waals surface area contributed by atoms with Crippen molar-refractivity contribution in [2.75, 3.05) is 11.9 Å². The first-order valence-electron chi connectivity index (χ1n) is 5.96. The fraction of sp³-hybridized carbons (Fsp3) is 0.154. The van der Waals surface area contributed by atoms with Crippen molar-refractivity contribution in [2.45, 2.75) is 6.54 Å². The van der Waals surface area contributed by atoms with Crippen LogP contribution in [0, 0.1) is 0 Å². The number of urea groups is 1. The number of amides is 2. The molecule has 0 unspecified atom stereocenters. The fourth-order valence-corrected chi connectivity index (χ4v) is 1.77. The van der Waals surface area contributed by atoms with Crippen LogP contribution in [-0.2, 0) is 6.54 Å². The van der Waals surface area contributed by atoms with E-state index in [2.05, 4.69) is 15.6 Å². The van der Waals surface area contributed by atoms with Crippen LogP contribution in [0.1, 0.15) is 0 Å². The molecule has 7 heteroatoms. The third-order valence-corrected chi connectivity index (χ3v) is 2.75. The summed E-state index contributed by atoms with van der Waals surface area (Å²) in [5, 5.41) is 5.84. The molecule has 2 rings (SSSR count). The van der Waals surface area contributed by atoms with Gasteiger partial charge in [-0.15, -0.1) is 0 Å². The minimum absolute atomic E-state index is 0.156. The van der Waals surface area contributed by atoms with Crippen LogP contribution in [0.3, 0.4) is 0 Å². The SMILES string of the molecule is O=C(NCCn1cnccc1=O)Nc1cccc(Cl)c1. The van der Waals surface area contributed by atoms with Gasteiger partial charge < -0.3 is 10.6 Å². The lowest BCUT2D eigenvalue weighted by Crippen LogP contribution is -2.33. The summed E-state index contributed by atoms with van der Waals surface area (Å²) in [5.41, 5.74) is 0.450. The molecule has 0 saturated heterocycles. The van der Waals surface area contributed by atoms with Gasteiger partial charge >= 0.3 is 6.03 Å². The average molecular weight is 293 g/mol. The van der Waals surface area contributed by atoms with Gasteiger partial charge in [-0.3, -0.25) is 9.36 Å². The van der Waals surface area contributed by atoms with Crippen molar-refractivity contribution >= 4 is 23.3 Å². The molecule has 104 valence electrons. The van der Waals surface area contributed by atoms with Crippen molar-refractivity contribution in [1.29, 1.82) is 0 Å². The molecule has 20 heavy (non-hydrogen) atoms. The van der Waals surface area contributed by atoms with Crippen LogP contribution in [0.5, 0.6) is 0 Å². The molecule has 1 aromatic heterocycles. The van der Waals surface area contributed by atoms with Crippen LogP contribution in [0.2, 0.25) is 5.02 Å². The van der Waals surface area contributed by atoms with Crippen molar-refractivity contribution in [3.8, 4) is 0 Å². The molecule has 1 aromatic carbocycles. The second kappa shape index (κ2) is 6.72. The zero-order valence-corrected chi connectivity index (χ0v) is 11.3. The van der Waals surface area contributed by atoms with E-state index >= 15 is 0 Å². The first-order chi connectivity index (χ1) is 9.65. The molecule has 6 nitrogen and oxygen atoms in total. The monoisotopic (exact) mass is 292 g/mol. The lowest BCUT2D eigenvalue weighted by Gasteiger charge is -2.08. The van der Waals surface area contributed by atoms with Crippen molar-refractivity contribution in [1.82, 2.24) is 14.9 Å². The van der Waals surface area contributed by atoms with E-state index in [1.54, 1.807) is 24.3 Å². The van der Waals surface area contributed by atoms with E-state index in [1.807, 2.05) is 0 Å². The average Bonchev–Trinajstić information content (AvgIpc) is 2.41. The van der Waals surface area contributed by atoms with E-state index in [0.717, 1.165) is 0 Å². The Labute approximate surface area is 120 Å². The molecular formula is C13H13ClN4O2.